The second-order valence-electron chi connectivity index (χ2n) is 10.6. The molecule has 2 aromatic rings. The smallest absolute Gasteiger partial charge is 0.339 e. The number of methoxy groups -OCH3 is 1. The minimum Gasteiger partial charge on any atom is -0.507 e. The average molecular weight is 556 g/mol. The van der Waals surface area contributed by atoms with Gasteiger partial charge < -0.3 is 20.1 Å². The number of fused-ring (bicyclic) bond motifs is 3. The maximum Gasteiger partial charge on any atom is 0.339 e. The summed E-state index contributed by atoms with van der Waals surface area (Å²) in [6.45, 7) is 1.55. The first-order valence-electron chi connectivity index (χ1n) is 13.0. The van der Waals surface area contributed by atoms with Gasteiger partial charge in [-0.15, -0.1) is 0 Å². The Morgan fingerprint density at radius 3 is 2.44 bits per heavy atom. The normalized spacial score (nSPS) is 25.4. The molecule has 6 rings (SSSR count). The molecule has 1 saturated heterocycles. The van der Waals surface area contributed by atoms with Crippen LogP contribution in [0.5, 0.6) is 17.2 Å². The van der Waals surface area contributed by atoms with Crippen molar-refractivity contribution in [3.8, 4) is 17.2 Å². The van der Waals surface area contributed by atoms with E-state index in [1.165, 1.54) is 25.3 Å². The van der Waals surface area contributed by atoms with Gasteiger partial charge in [-0.1, -0.05) is 17.7 Å². The number of hydrogen-bond acceptors (Lipinski definition) is 8. The number of carboxylic acid groups (broad SMARTS) is 1. The van der Waals surface area contributed by atoms with Crippen LogP contribution >= 0.6 is 0 Å². The lowest BCUT2D eigenvalue weighted by Gasteiger charge is -2.42. The van der Waals surface area contributed by atoms with E-state index in [1.807, 2.05) is 6.08 Å². The zero-order valence-corrected chi connectivity index (χ0v) is 22.1. The fraction of sp³-hybridized carbons (Fsp3) is 0.258. The van der Waals surface area contributed by atoms with E-state index >= 15 is 0 Å². The number of imide groups is 1. The number of hydrogen-bond donors (Lipinski definition) is 3. The van der Waals surface area contributed by atoms with Gasteiger partial charge in [-0.3, -0.25) is 19.2 Å². The molecule has 0 saturated carbocycles. The van der Waals surface area contributed by atoms with E-state index in [1.54, 1.807) is 19.1 Å². The van der Waals surface area contributed by atoms with Gasteiger partial charge in [0, 0.05) is 34.3 Å². The van der Waals surface area contributed by atoms with Crippen molar-refractivity contribution in [1.82, 2.24) is 0 Å². The van der Waals surface area contributed by atoms with Gasteiger partial charge in [-0.05, 0) is 56.0 Å². The van der Waals surface area contributed by atoms with E-state index in [9.17, 15) is 39.3 Å². The molecule has 1 aliphatic heterocycles. The third-order valence-corrected chi connectivity index (χ3v) is 8.58. The molecule has 3 N–H and O–H groups in total. The largest absolute Gasteiger partial charge is 0.507 e. The van der Waals surface area contributed by atoms with Crippen LogP contribution in [0.25, 0.3) is 0 Å². The quantitative estimate of drug-likeness (QED) is 0.292. The number of amides is 2. The van der Waals surface area contributed by atoms with E-state index in [4.69, 9.17) is 4.74 Å². The summed E-state index contributed by atoms with van der Waals surface area (Å²) in [5.74, 6) is -6.69. The molecule has 0 aromatic heterocycles. The number of Topliss-reactive ketones (excluding diaryl/α,β-unsaturated/α-hetero) is 1. The first kappa shape index (κ1) is 26.2. The fourth-order valence-electron chi connectivity index (χ4n) is 6.81. The number of carboxylic acids is 1. The van der Waals surface area contributed by atoms with Crippen molar-refractivity contribution in [3.63, 3.8) is 0 Å². The zero-order chi connectivity index (χ0) is 29.3. The molecular weight excluding hydrogens is 530 g/mol. The summed E-state index contributed by atoms with van der Waals surface area (Å²) in [5.41, 5.74) is 1.35. The van der Waals surface area contributed by atoms with Gasteiger partial charge in [0.1, 0.15) is 22.8 Å². The monoisotopic (exact) mass is 555 g/mol. The number of phenols is 2. The van der Waals surface area contributed by atoms with Crippen LogP contribution in [0.1, 0.15) is 41.6 Å². The summed E-state index contributed by atoms with van der Waals surface area (Å²) in [6, 6.07) is 8.18. The van der Waals surface area contributed by atoms with Crippen molar-refractivity contribution in [3.05, 3.63) is 82.0 Å². The van der Waals surface area contributed by atoms with Gasteiger partial charge in [0.25, 0.3) is 0 Å². The van der Waals surface area contributed by atoms with Crippen LogP contribution in [0.3, 0.4) is 0 Å². The Morgan fingerprint density at radius 1 is 1.00 bits per heavy atom. The van der Waals surface area contributed by atoms with Crippen LogP contribution in [0.15, 0.2) is 70.8 Å². The molecule has 4 aliphatic rings. The number of ether oxygens (including phenoxy) is 1. The van der Waals surface area contributed by atoms with Gasteiger partial charge in [-0.25, -0.2) is 9.69 Å². The Bertz CT molecular complexity index is 1690. The number of anilines is 1. The molecular formula is C31H25NO9. The molecule has 208 valence electrons. The van der Waals surface area contributed by atoms with Crippen molar-refractivity contribution in [2.24, 2.45) is 17.8 Å². The van der Waals surface area contributed by atoms with Crippen LogP contribution in [0.4, 0.5) is 5.69 Å². The number of phenolic OH excluding ortho intramolecular Hbond substituents is 1. The van der Waals surface area contributed by atoms with Crippen molar-refractivity contribution in [2.75, 3.05) is 12.0 Å². The lowest BCUT2D eigenvalue weighted by molar-refractivity contribution is -0.123. The van der Waals surface area contributed by atoms with E-state index in [0.717, 1.165) is 17.0 Å². The Kier molecular flexibility index (Phi) is 5.95. The third kappa shape index (κ3) is 3.74. The summed E-state index contributed by atoms with van der Waals surface area (Å²) in [5, 5.41) is 30.5. The van der Waals surface area contributed by atoms with Gasteiger partial charge >= 0.3 is 5.97 Å². The highest BCUT2D eigenvalue weighted by molar-refractivity contribution is 6.25. The molecule has 1 fully saturated rings. The Labute approximate surface area is 233 Å². The standard InChI is InChI=1S/C31H25NO9/c1-13-10-22(35)25-19(28(13)36)12-18-15(26(25)27-20(33)4-3-5-23(27)41-2)8-9-17-24(18)30(38)32(29(17)37)14-6-7-16(31(39)40)21(34)11-14/h3-8,10-11,17-18,24,26,33-34H,9,12H2,1-2H3,(H,39,40)/t17-,18+,24-,26-/m0/s1. The topological polar surface area (TPSA) is 159 Å². The summed E-state index contributed by atoms with van der Waals surface area (Å²) in [7, 11) is 1.43. The van der Waals surface area contributed by atoms with Crippen molar-refractivity contribution >= 4 is 35.0 Å². The molecule has 2 aromatic carbocycles. The Morgan fingerprint density at radius 2 is 1.76 bits per heavy atom. The number of allylic oxidation sites excluding steroid dienone is 6. The number of nitrogens with zero attached hydrogens (tertiary/aromatic N) is 1. The number of carbonyl (C=O) groups is 5. The van der Waals surface area contributed by atoms with Crippen LogP contribution in [0.2, 0.25) is 0 Å². The number of aromatic carboxylic acids is 1. The molecule has 41 heavy (non-hydrogen) atoms. The van der Waals surface area contributed by atoms with E-state index in [0.29, 0.717) is 16.9 Å². The number of rotatable bonds is 4. The number of benzene rings is 2. The second-order valence-corrected chi connectivity index (χ2v) is 10.6. The molecule has 0 bridgehead atoms. The lowest BCUT2D eigenvalue weighted by Crippen LogP contribution is -2.40. The van der Waals surface area contributed by atoms with E-state index in [-0.39, 0.29) is 58.1 Å². The molecule has 2 amide bonds. The zero-order valence-electron chi connectivity index (χ0n) is 22.1. The highest BCUT2D eigenvalue weighted by atomic mass is 16.5. The predicted octanol–water partition coefficient (Wildman–Crippen LogP) is 3.44. The Balaban J connectivity index is 1.49. The summed E-state index contributed by atoms with van der Waals surface area (Å²) < 4.78 is 5.54. The average Bonchev–Trinajstić information content (AvgIpc) is 3.19. The maximum absolute atomic E-state index is 14.0. The van der Waals surface area contributed by atoms with E-state index < -0.39 is 47.2 Å². The first-order valence-corrected chi connectivity index (χ1v) is 13.0. The SMILES string of the molecule is COc1cccc(O)c1[C@H]1C2=CC[C@@H]3C(=O)N(c4ccc(C(=O)O)c(O)c4)C(=O)[C@@H]3[C@@H]2CC2=C1C(=O)C=C(C)C2=O. The fourth-order valence-corrected chi connectivity index (χ4v) is 6.81. The maximum atomic E-state index is 14.0. The highest BCUT2D eigenvalue weighted by Crippen LogP contribution is 2.57. The van der Waals surface area contributed by atoms with Crippen LogP contribution in [0, 0.1) is 17.8 Å². The lowest BCUT2D eigenvalue weighted by atomic mass is 9.59. The molecule has 4 atom stereocenters. The molecule has 0 spiro atoms. The van der Waals surface area contributed by atoms with Gasteiger partial charge in [0.15, 0.2) is 11.6 Å². The molecule has 3 aliphatic carbocycles. The van der Waals surface area contributed by atoms with Gasteiger partial charge in [0.05, 0.1) is 24.6 Å². The minimum absolute atomic E-state index is 0.0378. The highest BCUT2D eigenvalue weighted by Gasteiger charge is 2.57. The second kappa shape index (κ2) is 9.29. The summed E-state index contributed by atoms with van der Waals surface area (Å²) >= 11 is 0. The van der Waals surface area contributed by atoms with Gasteiger partial charge in [0.2, 0.25) is 11.8 Å². The Hall–Kier alpha value is -4.99. The van der Waals surface area contributed by atoms with Crippen LogP contribution < -0.4 is 9.64 Å². The predicted molar refractivity (Wildman–Crippen MR) is 144 cm³/mol. The molecule has 1 heterocycles. The number of carbonyl (C=O) groups excluding carboxylic acids is 4. The van der Waals surface area contributed by atoms with Crippen molar-refractivity contribution in [2.45, 2.75) is 25.7 Å². The minimum atomic E-state index is -1.36. The van der Waals surface area contributed by atoms with Crippen molar-refractivity contribution in [1.29, 1.82) is 0 Å². The molecule has 0 radical (unpaired) electrons. The summed E-state index contributed by atoms with van der Waals surface area (Å²) in [6.07, 6.45) is 3.32. The van der Waals surface area contributed by atoms with Crippen LogP contribution in [-0.2, 0) is 19.2 Å². The number of ketones is 2. The molecule has 0 unspecified atom stereocenters. The van der Waals surface area contributed by atoms with Crippen LogP contribution in [-0.4, -0.2) is 51.8 Å². The third-order valence-electron chi connectivity index (χ3n) is 8.58. The molecule has 10 nitrogen and oxygen atoms in total. The van der Waals surface area contributed by atoms with E-state index in [2.05, 4.69) is 0 Å². The van der Waals surface area contributed by atoms with Gasteiger partial charge in [-0.2, -0.15) is 0 Å². The molecule has 10 heteroatoms. The first-order chi connectivity index (χ1) is 19.5. The number of aromatic hydroxyl groups is 2. The summed E-state index contributed by atoms with van der Waals surface area (Å²) in [4.78, 5) is 66.7. The van der Waals surface area contributed by atoms with Crippen molar-refractivity contribution < 1.29 is 44.0 Å².